The second-order valence-electron chi connectivity index (χ2n) is 5.97. The van der Waals surface area contributed by atoms with Crippen LogP contribution in [0.4, 0.5) is 0 Å². The van der Waals surface area contributed by atoms with Gasteiger partial charge in [-0.3, -0.25) is 9.59 Å². The van der Waals surface area contributed by atoms with Crippen molar-refractivity contribution in [3.05, 3.63) is 64.7 Å². The lowest BCUT2D eigenvalue weighted by atomic mass is 10.2. The Morgan fingerprint density at radius 1 is 1.19 bits per heavy atom. The fraction of sp³-hybridized carbons (Fsp3) is 0.250. The summed E-state index contributed by atoms with van der Waals surface area (Å²) >= 11 is 5.96. The van der Waals surface area contributed by atoms with E-state index in [4.69, 9.17) is 16.3 Å². The van der Waals surface area contributed by atoms with Gasteiger partial charge in [-0.2, -0.15) is 5.10 Å². The lowest BCUT2D eigenvalue weighted by molar-refractivity contribution is -0.139. The fourth-order valence-corrected chi connectivity index (χ4v) is 2.30. The number of benzene rings is 2. The van der Waals surface area contributed by atoms with Crippen LogP contribution in [0.5, 0.6) is 5.75 Å². The summed E-state index contributed by atoms with van der Waals surface area (Å²) in [5.74, 6) is -0.861. The molecule has 2 aromatic carbocycles. The smallest absolute Gasteiger partial charge is 0.329 e. The monoisotopic (exact) mass is 387 g/mol. The van der Waals surface area contributed by atoms with E-state index in [1.807, 2.05) is 44.2 Å². The molecule has 27 heavy (non-hydrogen) atoms. The van der Waals surface area contributed by atoms with Crippen molar-refractivity contribution in [3.8, 4) is 5.75 Å². The fourth-order valence-electron chi connectivity index (χ4n) is 2.09. The van der Waals surface area contributed by atoms with E-state index in [9.17, 15) is 9.59 Å². The molecule has 0 heterocycles. The van der Waals surface area contributed by atoms with Gasteiger partial charge in [0.2, 0.25) is 0 Å². The summed E-state index contributed by atoms with van der Waals surface area (Å²) in [6, 6.07) is 14.6. The molecular weight excluding hydrogens is 366 g/mol. The number of hydrazone groups is 1. The third-order valence-electron chi connectivity index (χ3n) is 3.73. The highest BCUT2D eigenvalue weighted by atomic mass is 35.5. The Bertz CT molecular complexity index is 824. The number of hydrogen-bond acceptors (Lipinski definition) is 4. The van der Waals surface area contributed by atoms with Crippen molar-refractivity contribution >= 4 is 29.6 Å². The molecule has 1 atom stereocenters. The normalized spacial score (nSPS) is 11.8. The predicted octanol–water partition coefficient (Wildman–Crippen LogP) is 3.28. The molecule has 2 N–H and O–H groups in total. The van der Waals surface area contributed by atoms with Crippen LogP contribution in [0.1, 0.15) is 31.4 Å². The van der Waals surface area contributed by atoms with Crippen LogP contribution >= 0.6 is 11.6 Å². The number of carbonyl (C=O) groups is 2. The van der Waals surface area contributed by atoms with Crippen LogP contribution in [0.25, 0.3) is 0 Å². The van der Waals surface area contributed by atoms with Crippen molar-refractivity contribution in [1.29, 1.82) is 0 Å². The van der Waals surface area contributed by atoms with E-state index in [1.165, 1.54) is 6.21 Å². The number of carbonyl (C=O) groups excluding carboxylic acids is 2. The standard InChI is InChI=1S/C20H22ClN3O3/c1-3-14(2)23-19(25)20(26)24-22-12-15-6-5-9-18(11-15)27-13-16-7-4-8-17(21)10-16/h4-12,14H,3,13H2,1-2H3,(H,23,25)(H,24,26)/b22-12-/t14-/m0/s1. The molecule has 0 spiro atoms. The number of hydrogen-bond donors (Lipinski definition) is 2. The average Bonchev–Trinajstić information content (AvgIpc) is 2.66. The van der Waals surface area contributed by atoms with E-state index < -0.39 is 11.8 Å². The minimum Gasteiger partial charge on any atom is -0.489 e. The van der Waals surface area contributed by atoms with E-state index in [0.717, 1.165) is 17.5 Å². The first-order chi connectivity index (χ1) is 13.0. The van der Waals surface area contributed by atoms with Crippen molar-refractivity contribution in [1.82, 2.24) is 10.7 Å². The van der Waals surface area contributed by atoms with Crippen molar-refractivity contribution in [2.75, 3.05) is 0 Å². The molecule has 2 rings (SSSR count). The second kappa shape index (κ2) is 10.3. The van der Waals surface area contributed by atoms with E-state index >= 15 is 0 Å². The Morgan fingerprint density at radius 2 is 1.96 bits per heavy atom. The first kappa shape index (κ1) is 20.5. The Balaban J connectivity index is 1.88. The molecule has 0 saturated heterocycles. The molecule has 0 radical (unpaired) electrons. The minimum absolute atomic E-state index is 0.0689. The molecule has 0 unspecified atom stereocenters. The van der Waals surface area contributed by atoms with Crippen LogP contribution in [0, 0.1) is 0 Å². The number of nitrogens with zero attached hydrogens (tertiary/aromatic N) is 1. The molecule has 0 aliphatic carbocycles. The Labute approximate surface area is 163 Å². The lowest BCUT2D eigenvalue weighted by Gasteiger charge is -2.09. The second-order valence-corrected chi connectivity index (χ2v) is 6.41. The van der Waals surface area contributed by atoms with Crippen molar-refractivity contribution in [3.63, 3.8) is 0 Å². The third-order valence-corrected chi connectivity index (χ3v) is 3.96. The molecule has 0 aliphatic rings. The Kier molecular flexibility index (Phi) is 7.82. The number of rotatable bonds is 7. The van der Waals surface area contributed by atoms with Crippen LogP contribution in [0.3, 0.4) is 0 Å². The summed E-state index contributed by atoms with van der Waals surface area (Å²) in [5, 5.41) is 7.03. The van der Waals surface area contributed by atoms with Gasteiger partial charge in [0.05, 0.1) is 6.21 Å². The Morgan fingerprint density at radius 3 is 2.70 bits per heavy atom. The van der Waals surface area contributed by atoms with E-state index in [1.54, 1.807) is 18.2 Å². The molecule has 0 saturated carbocycles. The number of ether oxygens (including phenoxy) is 1. The van der Waals surface area contributed by atoms with E-state index in [2.05, 4.69) is 15.8 Å². The van der Waals surface area contributed by atoms with Gasteiger partial charge in [0.1, 0.15) is 12.4 Å². The third kappa shape index (κ3) is 7.11. The van der Waals surface area contributed by atoms with Crippen LogP contribution in [0.15, 0.2) is 53.6 Å². The molecule has 7 heteroatoms. The van der Waals surface area contributed by atoms with Crippen LogP contribution in [0.2, 0.25) is 5.02 Å². The van der Waals surface area contributed by atoms with Crippen LogP contribution < -0.4 is 15.5 Å². The van der Waals surface area contributed by atoms with E-state index in [-0.39, 0.29) is 6.04 Å². The highest BCUT2D eigenvalue weighted by Crippen LogP contribution is 2.16. The molecular formula is C20H22ClN3O3. The van der Waals surface area contributed by atoms with Crippen molar-refractivity contribution in [2.45, 2.75) is 32.9 Å². The Hall–Kier alpha value is -2.86. The highest BCUT2D eigenvalue weighted by Gasteiger charge is 2.14. The summed E-state index contributed by atoms with van der Waals surface area (Å²) in [6.07, 6.45) is 2.19. The summed E-state index contributed by atoms with van der Waals surface area (Å²) in [5.41, 5.74) is 3.89. The summed E-state index contributed by atoms with van der Waals surface area (Å²) < 4.78 is 5.74. The van der Waals surface area contributed by atoms with Gasteiger partial charge in [-0.05, 0) is 48.7 Å². The van der Waals surface area contributed by atoms with Gasteiger partial charge in [0, 0.05) is 11.1 Å². The average molecular weight is 388 g/mol. The zero-order chi connectivity index (χ0) is 19.6. The summed E-state index contributed by atoms with van der Waals surface area (Å²) in [7, 11) is 0. The zero-order valence-electron chi connectivity index (χ0n) is 15.2. The number of amides is 2. The molecule has 142 valence electrons. The van der Waals surface area contributed by atoms with Gasteiger partial charge >= 0.3 is 11.8 Å². The topological polar surface area (TPSA) is 79.8 Å². The molecule has 0 aliphatic heterocycles. The molecule has 0 fully saturated rings. The highest BCUT2D eigenvalue weighted by molar-refractivity contribution is 6.35. The first-order valence-electron chi connectivity index (χ1n) is 8.59. The molecule has 2 amide bonds. The molecule has 0 aromatic heterocycles. The van der Waals surface area contributed by atoms with Gasteiger partial charge in [0.15, 0.2) is 0 Å². The maximum absolute atomic E-state index is 11.7. The van der Waals surface area contributed by atoms with Gasteiger partial charge < -0.3 is 10.1 Å². The van der Waals surface area contributed by atoms with Gasteiger partial charge in [-0.15, -0.1) is 0 Å². The SMILES string of the molecule is CC[C@H](C)NC(=O)C(=O)N/N=C\c1cccc(OCc2cccc(Cl)c2)c1. The largest absolute Gasteiger partial charge is 0.489 e. The van der Waals surface area contributed by atoms with E-state index in [0.29, 0.717) is 17.4 Å². The van der Waals surface area contributed by atoms with Crippen molar-refractivity contribution in [2.24, 2.45) is 5.10 Å². The quantitative estimate of drug-likeness (QED) is 0.434. The minimum atomic E-state index is -0.806. The van der Waals surface area contributed by atoms with Crippen LogP contribution in [-0.2, 0) is 16.2 Å². The maximum Gasteiger partial charge on any atom is 0.329 e. The summed E-state index contributed by atoms with van der Waals surface area (Å²) in [6.45, 7) is 4.12. The lowest BCUT2D eigenvalue weighted by Crippen LogP contribution is -2.41. The van der Waals surface area contributed by atoms with Crippen molar-refractivity contribution < 1.29 is 14.3 Å². The first-order valence-corrected chi connectivity index (χ1v) is 8.97. The molecule has 0 bridgehead atoms. The zero-order valence-corrected chi connectivity index (χ0v) is 16.0. The molecule has 2 aromatic rings. The van der Waals surface area contributed by atoms with Gasteiger partial charge in [-0.1, -0.05) is 42.8 Å². The number of halogens is 1. The maximum atomic E-state index is 11.7. The number of nitrogens with one attached hydrogen (secondary N) is 2. The van der Waals surface area contributed by atoms with Gasteiger partial charge in [0.25, 0.3) is 0 Å². The molecule has 6 nitrogen and oxygen atoms in total. The summed E-state index contributed by atoms with van der Waals surface area (Å²) in [4.78, 5) is 23.3. The van der Waals surface area contributed by atoms with Crippen LogP contribution in [-0.4, -0.2) is 24.1 Å². The van der Waals surface area contributed by atoms with Gasteiger partial charge in [-0.25, -0.2) is 5.43 Å². The predicted molar refractivity (Wildman–Crippen MR) is 106 cm³/mol.